The van der Waals surface area contributed by atoms with Gasteiger partial charge in [-0.1, -0.05) is 0 Å². The maximum absolute atomic E-state index is 11.1. The van der Waals surface area contributed by atoms with Gasteiger partial charge in [-0.2, -0.15) is 0 Å². The highest BCUT2D eigenvalue weighted by Crippen LogP contribution is 2.24. The van der Waals surface area contributed by atoms with Crippen LogP contribution in [0.4, 0.5) is 0 Å². The topological polar surface area (TPSA) is 70.7 Å². The van der Waals surface area contributed by atoms with Crippen LogP contribution < -0.4 is 5.43 Å². The maximum Gasteiger partial charge on any atom is 0.226 e. The number of benzene rings is 1. The smallest absolute Gasteiger partial charge is 0.226 e. The first-order valence-corrected chi connectivity index (χ1v) is 5.86. The molecule has 0 aliphatic carbocycles. The second kappa shape index (κ2) is 4.97. The van der Waals surface area contributed by atoms with Crippen LogP contribution in [0.1, 0.15) is 5.76 Å². The predicted molar refractivity (Wildman–Crippen MR) is 64.3 cm³/mol. The molecule has 0 saturated heterocycles. The standard InChI is InChI=1S/C12H10O4S/c13-8-1-3-10(4-2-8)17-7-9-5-11(14)12(15)6-16-9/h1-6,13,15H,7H2. The minimum absolute atomic E-state index is 0.213. The average molecular weight is 250 g/mol. The Balaban J connectivity index is 2.04. The van der Waals surface area contributed by atoms with Gasteiger partial charge in [0.05, 0.1) is 5.75 Å². The molecule has 5 heteroatoms. The minimum Gasteiger partial charge on any atom is -0.508 e. The van der Waals surface area contributed by atoms with Crippen molar-refractivity contribution in [1.82, 2.24) is 0 Å². The van der Waals surface area contributed by atoms with E-state index < -0.39 is 5.43 Å². The van der Waals surface area contributed by atoms with Crippen molar-refractivity contribution in [3.63, 3.8) is 0 Å². The van der Waals surface area contributed by atoms with E-state index in [1.807, 2.05) is 0 Å². The summed E-state index contributed by atoms with van der Waals surface area (Å²) in [6.45, 7) is 0. The molecular weight excluding hydrogens is 240 g/mol. The van der Waals surface area contributed by atoms with Gasteiger partial charge in [-0.05, 0) is 24.3 Å². The van der Waals surface area contributed by atoms with Crippen LogP contribution in [0.2, 0.25) is 0 Å². The van der Waals surface area contributed by atoms with Gasteiger partial charge in [-0.3, -0.25) is 4.79 Å². The Morgan fingerprint density at radius 3 is 2.53 bits per heavy atom. The summed E-state index contributed by atoms with van der Waals surface area (Å²) < 4.78 is 5.06. The van der Waals surface area contributed by atoms with E-state index in [-0.39, 0.29) is 11.5 Å². The first kappa shape index (κ1) is 11.6. The van der Waals surface area contributed by atoms with Crippen molar-refractivity contribution in [1.29, 1.82) is 0 Å². The number of thioether (sulfide) groups is 1. The van der Waals surface area contributed by atoms with Crippen LogP contribution in [-0.2, 0) is 5.75 Å². The summed E-state index contributed by atoms with van der Waals surface area (Å²) in [6.07, 6.45) is 1.04. The molecule has 0 radical (unpaired) electrons. The molecule has 0 unspecified atom stereocenters. The summed E-state index contributed by atoms with van der Waals surface area (Å²) >= 11 is 1.47. The maximum atomic E-state index is 11.1. The molecule has 88 valence electrons. The monoisotopic (exact) mass is 250 g/mol. The van der Waals surface area contributed by atoms with Crippen molar-refractivity contribution >= 4 is 11.8 Å². The SMILES string of the molecule is O=c1cc(CSc2ccc(O)cc2)occ1O. The third kappa shape index (κ3) is 3.04. The lowest BCUT2D eigenvalue weighted by Crippen LogP contribution is -1.98. The molecule has 0 aliphatic rings. The second-order valence-electron chi connectivity index (χ2n) is 3.38. The summed E-state index contributed by atoms with van der Waals surface area (Å²) in [4.78, 5) is 12.1. The van der Waals surface area contributed by atoms with E-state index in [2.05, 4.69) is 0 Å². The zero-order chi connectivity index (χ0) is 12.3. The van der Waals surface area contributed by atoms with E-state index in [9.17, 15) is 4.79 Å². The molecule has 1 aromatic heterocycles. The third-order valence-corrected chi connectivity index (χ3v) is 3.12. The van der Waals surface area contributed by atoms with Crippen LogP contribution >= 0.6 is 11.8 Å². The van der Waals surface area contributed by atoms with Gasteiger partial charge >= 0.3 is 0 Å². The number of hydrogen-bond donors (Lipinski definition) is 2. The quantitative estimate of drug-likeness (QED) is 0.818. The van der Waals surface area contributed by atoms with Crippen molar-refractivity contribution in [3.05, 3.63) is 52.6 Å². The Kier molecular flexibility index (Phi) is 3.39. The highest BCUT2D eigenvalue weighted by molar-refractivity contribution is 7.98. The van der Waals surface area contributed by atoms with Crippen LogP contribution in [0.15, 0.2) is 50.7 Å². The number of phenolic OH excluding ortho intramolecular Hbond substituents is 1. The highest BCUT2D eigenvalue weighted by Gasteiger charge is 2.02. The molecule has 2 rings (SSSR count). The Hall–Kier alpha value is -1.88. The van der Waals surface area contributed by atoms with Crippen LogP contribution in [-0.4, -0.2) is 10.2 Å². The fourth-order valence-corrected chi connectivity index (χ4v) is 2.01. The molecule has 2 N–H and O–H groups in total. The van der Waals surface area contributed by atoms with Crippen LogP contribution in [0.25, 0.3) is 0 Å². The van der Waals surface area contributed by atoms with E-state index >= 15 is 0 Å². The summed E-state index contributed by atoms with van der Waals surface area (Å²) in [5.41, 5.74) is -0.447. The fraction of sp³-hybridized carbons (Fsp3) is 0.0833. The van der Waals surface area contributed by atoms with Gasteiger partial charge < -0.3 is 14.6 Å². The molecule has 0 fully saturated rings. The Morgan fingerprint density at radius 2 is 1.88 bits per heavy atom. The summed E-state index contributed by atoms with van der Waals surface area (Å²) in [5, 5.41) is 18.1. The second-order valence-corrected chi connectivity index (χ2v) is 4.43. The summed E-state index contributed by atoms with van der Waals surface area (Å²) in [5.74, 6) is 0.806. The number of phenols is 1. The predicted octanol–water partition coefficient (Wildman–Crippen LogP) is 2.34. The minimum atomic E-state index is -0.447. The summed E-state index contributed by atoms with van der Waals surface area (Å²) in [7, 11) is 0. The van der Waals surface area contributed by atoms with Crippen molar-refractivity contribution < 1.29 is 14.6 Å². The van der Waals surface area contributed by atoms with E-state index in [0.717, 1.165) is 11.2 Å². The zero-order valence-electron chi connectivity index (χ0n) is 8.79. The highest BCUT2D eigenvalue weighted by atomic mass is 32.2. The molecule has 1 heterocycles. The van der Waals surface area contributed by atoms with Gasteiger partial charge in [0.1, 0.15) is 17.8 Å². The van der Waals surface area contributed by atoms with Crippen LogP contribution in [0, 0.1) is 0 Å². The van der Waals surface area contributed by atoms with Crippen LogP contribution in [0.3, 0.4) is 0 Å². The molecule has 4 nitrogen and oxygen atoms in total. The van der Waals surface area contributed by atoms with Crippen LogP contribution in [0.5, 0.6) is 11.5 Å². The van der Waals surface area contributed by atoms with Gasteiger partial charge in [0.25, 0.3) is 0 Å². The third-order valence-electron chi connectivity index (χ3n) is 2.08. The molecule has 1 aromatic carbocycles. The number of aromatic hydroxyl groups is 2. The molecule has 2 aromatic rings. The molecular formula is C12H10O4S. The molecule has 0 amide bonds. The van der Waals surface area contributed by atoms with Crippen molar-refractivity contribution in [3.8, 4) is 11.5 Å². The first-order chi connectivity index (χ1) is 8.15. The Bertz CT molecular complexity index is 559. The van der Waals surface area contributed by atoms with Crippen molar-refractivity contribution in [2.75, 3.05) is 0 Å². The molecule has 0 aliphatic heterocycles. The van der Waals surface area contributed by atoms with E-state index in [4.69, 9.17) is 14.6 Å². The lowest BCUT2D eigenvalue weighted by Gasteiger charge is -2.01. The average Bonchev–Trinajstić information content (AvgIpc) is 2.33. The summed E-state index contributed by atoms with van der Waals surface area (Å²) in [6, 6.07) is 8.00. The molecule has 0 atom stereocenters. The Morgan fingerprint density at radius 1 is 1.18 bits per heavy atom. The van der Waals surface area contributed by atoms with Gasteiger partial charge in [0.15, 0.2) is 5.75 Å². The van der Waals surface area contributed by atoms with E-state index in [1.165, 1.54) is 17.8 Å². The molecule has 17 heavy (non-hydrogen) atoms. The molecule has 0 bridgehead atoms. The fourth-order valence-electron chi connectivity index (χ4n) is 1.22. The van der Waals surface area contributed by atoms with Crippen molar-refractivity contribution in [2.45, 2.75) is 10.6 Å². The number of hydrogen-bond acceptors (Lipinski definition) is 5. The van der Waals surface area contributed by atoms with Gasteiger partial charge in [-0.15, -0.1) is 11.8 Å². The van der Waals surface area contributed by atoms with E-state index in [0.29, 0.717) is 11.5 Å². The zero-order valence-corrected chi connectivity index (χ0v) is 9.61. The first-order valence-electron chi connectivity index (χ1n) is 4.87. The normalized spacial score (nSPS) is 10.4. The largest absolute Gasteiger partial charge is 0.508 e. The van der Waals surface area contributed by atoms with Gasteiger partial charge in [0, 0.05) is 11.0 Å². The van der Waals surface area contributed by atoms with Gasteiger partial charge in [0.2, 0.25) is 5.43 Å². The molecule has 0 saturated carbocycles. The molecule has 0 spiro atoms. The lowest BCUT2D eigenvalue weighted by molar-refractivity contribution is 0.419. The lowest BCUT2D eigenvalue weighted by atomic mass is 10.3. The number of rotatable bonds is 3. The Labute approximate surface area is 102 Å². The van der Waals surface area contributed by atoms with Gasteiger partial charge in [-0.25, -0.2) is 0 Å². The van der Waals surface area contributed by atoms with Crippen molar-refractivity contribution in [2.24, 2.45) is 0 Å². The van der Waals surface area contributed by atoms with E-state index in [1.54, 1.807) is 24.3 Å².